The van der Waals surface area contributed by atoms with E-state index < -0.39 is 12.3 Å². The Kier molecular flexibility index (Phi) is 5.41. The molecule has 0 saturated carbocycles. The minimum absolute atomic E-state index is 0. The normalized spacial score (nSPS) is 13.4. The van der Waals surface area contributed by atoms with Crippen molar-refractivity contribution in [1.29, 1.82) is 0 Å². The summed E-state index contributed by atoms with van der Waals surface area (Å²) in [4.78, 5) is 11.4. The summed E-state index contributed by atoms with van der Waals surface area (Å²) in [6.07, 6.45) is -0.000900. The van der Waals surface area contributed by atoms with Crippen molar-refractivity contribution in [2.24, 2.45) is 0 Å². The molecule has 0 fully saturated rings. The molecule has 0 aliphatic carbocycles. The number of esters is 1. The molecule has 0 heterocycles. The minimum atomic E-state index is -1.07. The summed E-state index contributed by atoms with van der Waals surface area (Å²) in [7, 11) is 0. The van der Waals surface area contributed by atoms with Crippen molar-refractivity contribution in [3.05, 3.63) is 35.4 Å². The fraction of sp³-hybridized carbons (Fsp3) is 0.462. The van der Waals surface area contributed by atoms with E-state index in [1.165, 1.54) is 12.5 Å². The summed E-state index contributed by atoms with van der Waals surface area (Å²) >= 11 is 0. The van der Waals surface area contributed by atoms with Crippen molar-refractivity contribution in [3.8, 4) is 0 Å². The maximum Gasteiger partial charge on any atom is 0.340 e. The number of rotatable bonds is 4. The van der Waals surface area contributed by atoms with E-state index in [-0.39, 0.29) is 0 Å². The van der Waals surface area contributed by atoms with Crippen LogP contribution in [0.1, 0.15) is 49.0 Å². The molecule has 0 saturated heterocycles. The molecular formula is C13H18CfO3. The van der Waals surface area contributed by atoms with Crippen LogP contribution >= 0.6 is 0 Å². The van der Waals surface area contributed by atoms with Gasteiger partial charge in [-0.15, -0.1) is 0 Å². The first-order chi connectivity index (χ1) is 7.54. The molecule has 2 atom stereocenters. The molecule has 2 unspecified atom stereocenters. The number of aliphatic hydroxyl groups excluding tert-OH is 1. The molecule has 1 aromatic rings. The van der Waals surface area contributed by atoms with Crippen LogP contribution in [-0.4, -0.2) is 17.4 Å². The fourth-order valence-electron chi connectivity index (χ4n) is 1.41. The van der Waals surface area contributed by atoms with Crippen molar-refractivity contribution < 1.29 is 14.6 Å². The number of aliphatic hydroxyl groups is 1. The van der Waals surface area contributed by atoms with Crippen LogP contribution < -0.4 is 0 Å². The van der Waals surface area contributed by atoms with Crippen molar-refractivity contribution in [1.82, 2.24) is 0 Å². The van der Waals surface area contributed by atoms with Crippen LogP contribution in [0.2, 0.25) is 0 Å². The molecule has 0 aromatic heterocycles. The van der Waals surface area contributed by atoms with Gasteiger partial charge in [0.05, 0.1) is 5.56 Å². The van der Waals surface area contributed by atoms with Crippen molar-refractivity contribution in [3.63, 3.8) is 0 Å². The number of ether oxygens (including phenoxy) is 1. The number of hydrogen-bond donors (Lipinski definition) is 1. The Labute approximate surface area is 96.1 Å². The van der Waals surface area contributed by atoms with E-state index in [1.54, 1.807) is 12.1 Å². The zero-order valence-corrected chi connectivity index (χ0v) is 12.9. The molecule has 0 amide bonds. The van der Waals surface area contributed by atoms with Crippen LogP contribution in [0.5, 0.6) is 0 Å². The number of carbonyl (C=O) groups excluding carboxylic acids is 1. The Morgan fingerprint density at radius 3 is 2.24 bits per heavy atom. The van der Waals surface area contributed by atoms with Gasteiger partial charge in [0.1, 0.15) is 0 Å². The summed E-state index contributed by atoms with van der Waals surface area (Å²) in [5.41, 5.74) is 1.67. The maximum atomic E-state index is 11.4. The van der Waals surface area contributed by atoms with Gasteiger partial charge in [-0.05, 0) is 37.0 Å². The zero-order chi connectivity index (χ0) is 12.1. The Balaban J connectivity index is 0.00000256. The molecule has 0 aliphatic heterocycles. The standard InChI is InChI=1S/C13H18O3.Cf/c1-4-9(2)11-5-7-12(8-6-11)13(15)16-10(3)14;/h5-10,14H,4H2,1-3H3;. The van der Waals surface area contributed by atoms with Crippen LogP contribution in [0.3, 0.4) is 0 Å². The van der Waals surface area contributed by atoms with E-state index in [0.717, 1.165) is 6.42 Å². The van der Waals surface area contributed by atoms with E-state index in [2.05, 4.69) is 18.6 Å². The number of carbonyl (C=O) groups is 1. The average molecular weight is 473 g/mol. The molecular weight excluding hydrogens is 455 g/mol. The van der Waals surface area contributed by atoms with Crippen LogP contribution in [0.15, 0.2) is 24.3 Å². The summed E-state index contributed by atoms with van der Waals surface area (Å²) < 4.78 is 4.68. The van der Waals surface area contributed by atoms with Crippen molar-refractivity contribution in [2.45, 2.75) is 39.4 Å². The van der Waals surface area contributed by atoms with Gasteiger partial charge in [0.25, 0.3) is 0 Å². The van der Waals surface area contributed by atoms with E-state index in [4.69, 9.17) is 5.11 Å². The summed E-state index contributed by atoms with van der Waals surface area (Å²) in [6.45, 7) is 5.68. The molecule has 98 valence electrons. The van der Waals surface area contributed by atoms with Gasteiger partial charge in [0.2, 0.25) is 0 Å². The first-order valence-corrected chi connectivity index (χ1v) is 5.53. The average Bonchev–Trinajstić information content (AvgIpc) is 2.27. The van der Waals surface area contributed by atoms with E-state index in [1.807, 2.05) is 12.1 Å². The third-order valence-electron chi connectivity index (χ3n) is 2.61. The Morgan fingerprint density at radius 2 is 1.82 bits per heavy atom. The van der Waals surface area contributed by atoms with Gasteiger partial charge in [0.15, 0.2) is 6.29 Å². The predicted octanol–water partition coefficient (Wildman–Crippen LogP) is 2.70. The van der Waals surface area contributed by atoms with Gasteiger partial charge in [0, 0.05) is 0 Å². The van der Waals surface area contributed by atoms with Gasteiger partial charge in [-0.2, -0.15) is 0 Å². The number of hydrogen-bond acceptors (Lipinski definition) is 3. The molecule has 1 rings (SSSR count). The van der Waals surface area contributed by atoms with Crippen LogP contribution in [0.4, 0.5) is 0 Å². The molecule has 0 aliphatic rings. The Bertz CT molecular complexity index is 346. The monoisotopic (exact) mass is 471 g/mol. The first-order valence-electron chi connectivity index (χ1n) is 5.53. The molecule has 17 heavy (non-hydrogen) atoms. The SMILES string of the molecule is CCC(C)c1ccc(C(=O)OC(C)O)cc1.[Cf]. The van der Waals surface area contributed by atoms with Crippen LogP contribution in [0, 0.1) is 0 Å². The third kappa shape index (κ3) is 3.95. The van der Waals surface area contributed by atoms with E-state index in [0.29, 0.717) is 11.5 Å². The quantitative estimate of drug-likeness (QED) is 0.541. The van der Waals surface area contributed by atoms with Gasteiger partial charge in [-0.25, -0.2) is 4.79 Å². The van der Waals surface area contributed by atoms with Gasteiger partial charge >= 0.3 is 5.97 Å². The molecule has 0 bridgehead atoms. The summed E-state index contributed by atoms with van der Waals surface area (Å²) in [5.74, 6) is -0.00691. The van der Waals surface area contributed by atoms with Crippen LogP contribution in [-0.2, 0) is 4.74 Å². The zero-order valence-electron chi connectivity index (χ0n) is 10.3. The van der Waals surface area contributed by atoms with Gasteiger partial charge < -0.3 is 9.84 Å². The number of benzene rings is 1. The van der Waals surface area contributed by atoms with Crippen molar-refractivity contribution >= 4 is 5.97 Å². The van der Waals surface area contributed by atoms with E-state index in [9.17, 15) is 4.79 Å². The van der Waals surface area contributed by atoms with Gasteiger partial charge in [-0.3, -0.25) is 0 Å². The smallest absolute Gasteiger partial charge is 0.340 e. The molecule has 4 heteroatoms. The first kappa shape index (κ1) is 14.6. The Hall–Kier alpha value is -2.35. The van der Waals surface area contributed by atoms with Gasteiger partial charge in [-0.1, -0.05) is 26.0 Å². The predicted molar refractivity (Wildman–Crippen MR) is 62.2 cm³/mol. The molecule has 1 aromatic carbocycles. The van der Waals surface area contributed by atoms with E-state index >= 15 is 0 Å². The Morgan fingerprint density at radius 1 is 1.29 bits per heavy atom. The topological polar surface area (TPSA) is 46.5 Å². The fourth-order valence-corrected chi connectivity index (χ4v) is 1.41. The van der Waals surface area contributed by atoms with Crippen LogP contribution in [0.25, 0.3) is 0 Å². The summed E-state index contributed by atoms with van der Waals surface area (Å²) in [6, 6.07) is 7.30. The maximum absolute atomic E-state index is 11.4. The molecule has 0 spiro atoms. The molecule has 1 N–H and O–H groups in total. The third-order valence-corrected chi connectivity index (χ3v) is 2.61. The molecule has 0 radical (unpaired) electrons. The summed E-state index contributed by atoms with van der Waals surface area (Å²) in [5, 5.41) is 8.92. The second-order valence-corrected chi connectivity index (χ2v) is 3.94. The minimum Gasteiger partial charge on any atom is -0.433 e. The second-order valence-electron chi connectivity index (χ2n) is 3.94. The largest absolute Gasteiger partial charge is 0.433 e. The second kappa shape index (κ2) is 6.28. The van der Waals surface area contributed by atoms with Crippen molar-refractivity contribution in [2.75, 3.05) is 0 Å². The molecule has 3 nitrogen and oxygen atoms in total.